The molecule has 0 aromatic rings. The second kappa shape index (κ2) is 1.82. The van der Waals surface area contributed by atoms with Crippen LogP contribution in [0.5, 0.6) is 0 Å². The fourth-order valence-corrected chi connectivity index (χ4v) is 3.16. The van der Waals surface area contributed by atoms with Crippen molar-refractivity contribution >= 4 is 0 Å². The Morgan fingerprint density at radius 3 is 2.09 bits per heavy atom. The summed E-state index contributed by atoms with van der Waals surface area (Å²) in [6, 6.07) is 0. The number of aliphatic hydroxyl groups excluding tert-OH is 1. The second-order valence-corrected chi connectivity index (χ2v) is 5.13. The van der Waals surface area contributed by atoms with E-state index in [9.17, 15) is 5.11 Å². The maximum Gasteiger partial charge on any atom is 0.0601 e. The van der Waals surface area contributed by atoms with Crippen molar-refractivity contribution in [2.75, 3.05) is 0 Å². The molecule has 0 aromatic heterocycles. The Hall–Kier alpha value is -0.0400. The molecule has 1 unspecified atom stereocenters. The molecule has 0 aromatic carbocycles. The number of hydrogen-bond acceptors (Lipinski definition) is 1. The molecule has 1 heteroatoms. The zero-order valence-electron chi connectivity index (χ0n) is 7.72. The lowest BCUT2D eigenvalue weighted by atomic mass is 9.70. The van der Waals surface area contributed by atoms with Crippen molar-refractivity contribution in [2.24, 2.45) is 16.7 Å². The molecular weight excluding hydrogens is 136 g/mol. The van der Waals surface area contributed by atoms with E-state index in [1.165, 1.54) is 12.8 Å². The molecule has 2 fully saturated rings. The quantitative estimate of drug-likeness (QED) is 0.567. The molecule has 0 radical (unpaired) electrons. The van der Waals surface area contributed by atoms with Crippen LogP contribution in [0.1, 0.15) is 40.0 Å². The van der Waals surface area contributed by atoms with Crippen molar-refractivity contribution in [3.05, 3.63) is 0 Å². The van der Waals surface area contributed by atoms with Gasteiger partial charge in [-0.15, -0.1) is 0 Å². The zero-order valence-corrected chi connectivity index (χ0v) is 7.72. The SMILES string of the molecule is CC1(C)C2CC[C@@]1(C)[C@H](O)C2. The van der Waals surface area contributed by atoms with Crippen LogP contribution < -0.4 is 0 Å². The Morgan fingerprint density at radius 2 is 1.91 bits per heavy atom. The maximum atomic E-state index is 9.81. The predicted octanol–water partition coefficient (Wildman–Crippen LogP) is 2.19. The summed E-state index contributed by atoms with van der Waals surface area (Å²) in [5.41, 5.74) is 0.601. The molecule has 2 aliphatic carbocycles. The highest BCUT2D eigenvalue weighted by molar-refractivity contribution is 5.10. The molecule has 1 N–H and O–H groups in total. The van der Waals surface area contributed by atoms with E-state index >= 15 is 0 Å². The van der Waals surface area contributed by atoms with E-state index in [2.05, 4.69) is 20.8 Å². The lowest BCUT2D eigenvalue weighted by Gasteiger charge is -2.36. The summed E-state index contributed by atoms with van der Waals surface area (Å²) in [5, 5.41) is 9.81. The minimum atomic E-state index is -0.0313. The molecule has 0 spiro atoms. The molecule has 0 saturated heterocycles. The summed E-state index contributed by atoms with van der Waals surface area (Å²) >= 11 is 0. The summed E-state index contributed by atoms with van der Waals surface area (Å²) < 4.78 is 0. The summed E-state index contributed by atoms with van der Waals surface area (Å²) in [5.74, 6) is 0.780. The molecule has 2 aliphatic rings. The standard InChI is InChI=1S/C10H18O/c1-9(2)7-4-5-10(9,3)8(11)6-7/h7-8,11H,4-6H2,1-3H3/t7?,8-,10+/m1/s1. The fourth-order valence-electron chi connectivity index (χ4n) is 3.16. The van der Waals surface area contributed by atoms with Crippen LogP contribution in [0.25, 0.3) is 0 Å². The van der Waals surface area contributed by atoms with E-state index < -0.39 is 0 Å². The molecule has 1 nitrogen and oxygen atoms in total. The van der Waals surface area contributed by atoms with Gasteiger partial charge in [0.2, 0.25) is 0 Å². The summed E-state index contributed by atoms with van der Waals surface area (Å²) in [7, 11) is 0. The van der Waals surface area contributed by atoms with Gasteiger partial charge >= 0.3 is 0 Å². The molecule has 11 heavy (non-hydrogen) atoms. The van der Waals surface area contributed by atoms with Gasteiger partial charge in [-0.1, -0.05) is 20.8 Å². The van der Waals surface area contributed by atoms with E-state index in [1.54, 1.807) is 0 Å². The molecule has 0 aliphatic heterocycles. The van der Waals surface area contributed by atoms with Gasteiger partial charge in [0.25, 0.3) is 0 Å². The Balaban J connectivity index is 2.40. The van der Waals surface area contributed by atoms with Gasteiger partial charge in [0.1, 0.15) is 0 Å². The van der Waals surface area contributed by atoms with E-state index in [0.29, 0.717) is 5.41 Å². The maximum absolute atomic E-state index is 9.81. The monoisotopic (exact) mass is 154 g/mol. The van der Waals surface area contributed by atoms with Crippen LogP contribution in [0.15, 0.2) is 0 Å². The lowest BCUT2D eigenvalue weighted by Crippen LogP contribution is -2.35. The number of rotatable bonds is 0. The minimum absolute atomic E-state index is 0.0313. The third kappa shape index (κ3) is 0.658. The van der Waals surface area contributed by atoms with Crippen molar-refractivity contribution in [2.45, 2.75) is 46.1 Å². The van der Waals surface area contributed by atoms with E-state index in [0.717, 1.165) is 12.3 Å². The molecular formula is C10H18O. The second-order valence-electron chi connectivity index (χ2n) is 5.13. The van der Waals surface area contributed by atoms with Crippen LogP contribution in [0, 0.1) is 16.7 Å². The largest absolute Gasteiger partial charge is 0.393 e. The average molecular weight is 154 g/mol. The highest BCUT2D eigenvalue weighted by Crippen LogP contribution is 2.65. The topological polar surface area (TPSA) is 20.2 Å². The van der Waals surface area contributed by atoms with E-state index in [1.807, 2.05) is 0 Å². The molecule has 2 saturated carbocycles. The van der Waals surface area contributed by atoms with Crippen molar-refractivity contribution in [3.8, 4) is 0 Å². The zero-order chi connectivity index (χ0) is 8.28. The van der Waals surface area contributed by atoms with E-state index in [4.69, 9.17) is 0 Å². The Morgan fingerprint density at radius 1 is 1.27 bits per heavy atom. The predicted molar refractivity (Wildman–Crippen MR) is 45.2 cm³/mol. The van der Waals surface area contributed by atoms with Crippen molar-refractivity contribution < 1.29 is 5.11 Å². The first kappa shape index (κ1) is 7.60. The van der Waals surface area contributed by atoms with Crippen LogP contribution in [0.3, 0.4) is 0 Å². The Bertz CT molecular complexity index is 185. The van der Waals surface area contributed by atoms with Gasteiger partial charge < -0.3 is 5.11 Å². The van der Waals surface area contributed by atoms with Gasteiger partial charge in [-0.2, -0.15) is 0 Å². The third-order valence-corrected chi connectivity index (χ3v) is 4.75. The van der Waals surface area contributed by atoms with Gasteiger partial charge in [0.15, 0.2) is 0 Å². The summed E-state index contributed by atoms with van der Waals surface area (Å²) in [4.78, 5) is 0. The van der Waals surface area contributed by atoms with Gasteiger partial charge in [-0.25, -0.2) is 0 Å². The molecule has 2 bridgehead atoms. The average Bonchev–Trinajstić information content (AvgIpc) is 2.20. The lowest BCUT2D eigenvalue weighted by molar-refractivity contribution is 0.0126. The third-order valence-electron chi connectivity index (χ3n) is 4.75. The molecule has 0 amide bonds. The van der Waals surface area contributed by atoms with Crippen molar-refractivity contribution in [1.29, 1.82) is 0 Å². The van der Waals surface area contributed by atoms with Crippen LogP contribution in [-0.4, -0.2) is 11.2 Å². The van der Waals surface area contributed by atoms with Gasteiger partial charge in [0.05, 0.1) is 6.10 Å². The highest BCUT2D eigenvalue weighted by atomic mass is 16.3. The first-order valence-electron chi connectivity index (χ1n) is 4.66. The number of aliphatic hydroxyl groups is 1. The van der Waals surface area contributed by atoms with Crippen LogP contribution >= 0.6 is 0 Å². The highest BCUT2D eigenvalue weighted by Gasteiger charge is 2.60. The summed E-state index contributed by atoms with van der Waals surface area (Å²) in [6.07, 6.45) is 3.58. The molecule has 64 valence electrons. The van der Waals surface area contributed by atoms with Crippen LogP contribution in [0.4, 0.5) is 0 Å². The fraction of sp³-hybridized carbons (Fsp3) is 1.00. The van der Waals surface area contributed by atoms with Crippen LogP contribution in [-0.2, 0) is 0 Å². The number of hydrogen-bond donors (Lipinski definition) is 1. The first-order chi connectivity index (χ1) is 4.98. The smallest absolute Gasteiger partial charge is 0.0601 e. The van der Waals surface area contributed by atoms with Gasteiger partial charge in [-0.3, -0.25) is 0 Å². The van der Waals surface area contributed by atoms with Gasteiger partial charge in [0, 0.05) is 0 Å². The first-order valence-corrected chi connectivity index (χ1v) is 4.66. The van der Waals surface area contributed by atoms with Gasteiger partial charge in [-0.05, 0) is 36.0 Å². The van der Waals surface area contributed by atoms with E-state index in [-0.39, 0.29) is 11.5 Å². The number of fused-ring (bicyclic) bond motifs is 2. The minimum Gasteiger partial charge on any atom is -0.393 e. The molecule has 3 atom stereocenters. The van der Waals surface area contributed by atoms with Crippen LogP contribution in [0.2, 0.25) is 0 Å². The Kier molecular flexibility index (Phi) is 1.26. The van der Waals surface area contributed by atoms with Crippen molar-refractivity contribution in [3.63, 3.8) is 0 Å². The molecule has 2 rings (SSSR count). The normalized spacial score (nSPS) is 53.5. The molecule has 0 heterocycles. The Labute approximate surface area is 68.8 Å². The summed E-state index contributed by atoms with van der Waals surface area (Å²) in [6.45, 7) is 6.90. The van der Waals surface area contributed by atoms with Crippen molar-refractivity contribution in [1.82, 2.24) is 0 Å².